The lowest BCUT2D eigenvalue weighted by molar-refractivity contribution is -0.221. The number of morpholine rings is 1. The van der Waals surface area contributed by atoms with Gasteiger partial charge < -0.3 is 9.64 Å². The Morgan fingerprint density at radius 2 is 1.61 bits per heavy atom. The van der Waals surface area contributed by atoms with Gasteiger partial charge in [0.15, 0.2) is 11.4 Å². The van der Waals surface area contributed by atoms with Crippen LogP contribution in [0.4, 0.5) is 18.9 Å². The lowest BCUT2D eigenvalue weighted by Crippen LogP contribution is -2.49. The fourth-order valence-electron chi connectivity index (χ4n) is 4.51. The molecule has 0 spiro atoms. The van der Waals surface area contributed by atoms with E-state index < -0.39 is 35.4 Å². The molecule has 198 valence electrons. The Kier molecular flexibility index (Phi) is 7.56. The van der Waals surface area contributed by atoms with Crippen molar-refractivity contribution in [1.82, 2.24) is 10.4 Å². The van der Waals surface area contributed by atoms with Gasteiger partial charge in [-0.3, -0.25) is 15.0 Å². The topological polar surface area (TPSA) is 61.9 Å². The second-order valence-corrected chi connectivity index (χ2v) is 10.4. The van der Waals surface area contributed by atoms with Gasteiger partial charge in [0.2, 0.25) is 0 Å². The highest BCUT2D eigenvalue weighted by atomic mass is 35.5. The number of nitrogens with zero attached hydrogens (tertiary/aromatic N) is 2. The molecular weight excluding hydrogens is 539 g/mol. The summed E-state index contributed by atoms with van der Waals surface area (Å²) in [6.45, 7) is -0.000396. The number of carbonyl (C=O) groups excluding carboxylic acids is 2. The summed E-state index contributed by atoms with van der Waals surface area (Å²) in [5.74, 6) is -0.872. The average molecular weight is 562 g/mol. The van der Waals surface area contributed by atoms with Gasteiger partial charge in [0.05, 0.1) is 18.2 Å². The van der Waals surface area contributed by atoms with E-state index in [-0.39, 0.29) is 13.2 Å². The van der Waals surface area contributed by atoms with Crippen molar-refractivity contribution in [1.29, 1.82) is 0 Å². The van der Waals surface area contributed by atoms with Crippen molar-refractivity contribution in [2.75, 3.05) is 24.6 Å². The normalized spacial score (nSPS) is 20.9. The first-order valence-electron chi connectivity index (χ1n) is 11.9. The first kappa shape index (κ1) is 26.4. The average Bonchev–Trinajstić information content (AvgIpc) is 3.19. The van der Waals surface area contributed by atoms with Gasteiger partial charge in [-0.1, -0.05) is 66.2 Å². The maximum atomic E-state index is 13.5. The number of nitrogens with one attached hydrogen (secondary N) is 1. The number of ether oxygens (including phenoxy) is 1. The van der Waals surface area contributed by atoms with Gasteiger partial charge in [0.25, 0.3) is 11.8 Å². The molecule has 3 unspecified atom stereocenters. The number of hydrogen-bond acceptors (Lipinski definition) is 5. The first-order chi connectivity index (χ1) is 18.2. The SMILES string of the molecule is O=C1NN(C(c2ccccc2)c2ccc(N3CCOC(C(F)(F)F)C3)cc2)C(=O)C1Sc1ccccc1Cl. The van der Waals surface area contributed by atoms with Gasteiger partial charge in [0, 0.05) is 17.1 Å². The molecule has 2 amide bonds. The molecule has 2 aliphatic rings. The van der Waals surface area contributed by atoms with Crippen LogP contribution in [0.3, 0.4) is 0 Å². The van der Waals surface area contributed by atoms with Crippen molar-refractivity contribution < 1.29 is 27.5 Å². The molecule has 2 fully saturated rings. The molecule has 0 saturated carbocycles. The van der Waals surface area contributed by atoms with Crippen LogP contribution in [0.2, 0.25) is 5.02 Å². The molecule has 6 nitrogen and oxygen atoms in total. The van der Waals surface area contributed by atoms with Crippen LogP contribution in [0.25, 0.3) is 0 Å². The third-order valence-corrected chi connectivity index (χ3v) is 8.09. The molecule has 0 aromatic heterocycles. The van der Waals surface area contributed by atoms with E-state index >= 15 is 0 Å². The van der Waals surface area contributed by atoms with Crippen LogP contribution in [0.1, 0.15) is 17.2 Å². The Labute approximate surface area is 226 Å². The second kappa shape index (κ2) is 10.9. The quantitative estimate of drug-likeness (QED) is 0.418. The zero-order chi connectivity index (χ0) is 26.9. The van der Waals surface area contributed by atoms with Crippen molar-refractivity contribution >= 4 is 40.9 Å². The summed E-state index contributed by atoms with van der Waals surface area (Å²) in [5, 5.41) is 0.742. The van der Waals surface area contributed by atoms with Crippen LogP contribution in [0.5, 0.6) is 0 Å². The van der Waals surface area contributed by atoms with E-state index in [1.165, 1.54) is 5.01 Å². The van der Waals surface area contributed by atoms with Crippen molar-refractivity contribution in [2.24, 2.45) is 0 Å². The molecule has 2 saturated heterocycles. The van der Waals surface area contributed by atoms with Crippen LogP contribution >= 0.6 is 23.4 Å². The maximum absolute atomic E-state index is 13.5. The number of hydrogen-bond donors (Lipinski definition) is 1. The summed E-state index contributed by atoms with van der Waals surface area (Å²) in [5.41, 5.74) is 4.79. The van der Waals surface area contributed by atoms with Crippen molar-refractivity contribution in [2.45, 2.75) is 28.5 Å². The lowest BCUT2D eigenvalue weighted by Gasteiger charge is -2.35. The van der Waals surface area contributed by atoms with Crippen molar-refractivity contribution in [3.63, 3.8) is 0 Å². The van der Waals surface area contributed by atoms with Crippen LogP contribution in [-0.2, 0) is 14.3 Å². The summed E-state index contributed by atoms with van der Waals surface area (Å²) < 4.78 is 44.5. The number of carbonyl (C=O) groups is 2. The maximum Gasteiger partial charge on any atom is 0.416 e. The predicted molar refractivity (Wildman–Crippen MR) is 139 cm³/mol. The number of rotatable bonds is 6. The summed E-state index contributed by atoms with van der Waals surface area (Å²) in [4.78, 5) is 28.7. The monoisotopic (exact) mass is 561 g/mol. The molecule has 0 radical (unpaired) electrons. The third-order valence-electron chi connectivity index (χ3n) is 6.39. The summed E-state index contributed by atoms with van der Waals surface area (Å²) >= 11 is 7.33. The van der Waals surface area contributed by atoms with E-state index in [1.54, 1.807) is 53.4 Å². The van der Waals surface area contributed by atoms with E-state index in [9.17, 15) is 22.8 Å². The Bertz CT molecular complexity index is 1310. The van der Waals surface area contributed by atoms with Crippen LogP contribution < -0.4 is 10.3 Å². The van der Waals surface area contributed by atoms with Crippen LogP contribution in [0, 0.1) is 0 Å². The van der Waals surface area contributed by atoms with E-state index in [2.05, 4.69) is 5.43 Å². The molecule has 38 heavy (non-hydrogen) atoms. The minimum atomic E-state index is -4.44. The zero-order valence-corrected chi connectivity index (χ0v) is 21.5. The largest absolute Gasteiger partial charge is 0.416 e. The number of amides is 2. The summed E-state index contributed by atoms with van der Waals surface area (Å²) in [6, 6.07) is 22.5. The molecule has 11 heteroatoms. The van der Waals surface area contributed by atoms with E-state index in [0.29, 0.717) is 27.7 Å². The molecule has 0 bridgehead atoms. The summed E-state index contributed by atoms with van der Waals surface area (Å²) in [6.07, 6.45) is -6.29. The number of benzene rings is 3. The van der Waals surface area contributed by atoms with Crippen LogP contribution in [-0.4, -0.2) is 54.0 Å². The molecule has 5 rings (SSSR count). The minimum Gasteiger partial charge on any atom is -0.366 e. The molecule has 3 atom stereocenters. The fourth-order valence-corrected chi connectivity index (χ4v) is 5.74. The Morgan fingerprint density at radius 3 is 2.29 bits per heavy atom. The molecule has 3 aromatic carbocycles. The molecule has 0 aliphatic carbocycles. The van der Waals surface area contributed by atoms with Crippen molar-refractivity contribution in [3.8, 4) is 0 Å². The Balaban J connectivity index is 1.41. The molecule has 3 aromatic rings. The summed E-state index contributed by atoms with van der Waals surface area (Å²) in [7, 11) is 0. The standard InChI is InChI=1S/C27H23ClF3N3O3S/c28-20-8-4-5-9-21(20)38-24-25(35)32-34(26(24)36)23(17-6-2-1-3-7-17)18-10-12-19(13-11-18)33-14-15-37-22(16-33)27(29,30)31/h1-13,22-24H,14-16H2,(H,32,35). The van der Waals surface area contributed by atoms with Gasteiger partial charge in [-0.2, -0.15) is 13.2 Å². The number of alkyl halides is 3. The van der Waals surface area contributed by atoms with Gasteiger partial charge in [0.1, 0.15) is 6.04 Å². The van der Waals surface area contributed by atoms with E-state index in [0.717, 1.165) is 17.3 Å². The molecule has 1 N–H and O–H groups in total. The van der Waals surface area contributed by atoms with Crippen LogP contribution in [0.15, 0.2) is 83.8 Å². The fraction of sp³-hybridized carbons (Fsp3) is 0.259. The predicted octanol–water partition coefficient (Wildman–Crippen LogP) is 5.23. The number of hydrazine groups is 1. The molecule has 2 heterocycles. The minimum absolute atomic E-state index is 0.0304. The highest BCUT2D eigenvalue weighted by Gasteiger charge is 2.45. The number of anilines is 1. The number of thioether (sulfide) groups is 1. The van der Waals surface area contributed by atoms with Gasteiger partial charge in [-0.05, 0) is 35.4 Å². The van der Waals surface area contributed by atoms with Crippen molar-refractivity contribution in [3.05, 3.63) is 95.0 Å². The smallest absolute Gasteiger partial charge is 0.366 e. The van der Waals surface area contributed by atoms with Gasteiger partial charge in [-0.15, -0.1) is 11.8 Å². The molecular formula is C27H23ClF3N3O3S. The third kappa shape index (κ3) is 5.48. The lowest BCUT2D eigenvalue weighted by atomic mass is 9.97. The Morgan fingerprint density at radius 1 is 0.947 bits per heavy atom. The van der Waals surface area contributed by atoms with Gasteiger partial charge >= 0.3 is 6.18 Å². The highest BCUT2D eigenvalue weighted by molar-refractivity contribution is 8.01. The first-order valence-corrected chi connectivity index (χ1v) is 13.1. The number of halogens is 4. The van der Waals surface area contributed by atoms with E-state index in [1.807, 2.05) is 30.3 Å². The zero-order valence-electron chi connectivity index (χ0n) is 19.9. The highest BCUT2D eigenvalue weighted by Crippen LogP contribution is 2.37. The molecule has 2 aliphatic heterocycles. The van der Waals surface area contributed by atoms with Gasteiger partial charge in [-0.25, -0.2) is 5.01 Å². The second-order valence-electron chi connectivity index (χ2n) is 8.86. The Hall–Kier alpha value is -3.21. The van der Waals surface area contributed by atoms with E-state index in [4.69, 9.17) is 16.3 Å².